The first-order valence-corrected chi connectivity index (χ1v) is 9.18. The highest BCUT2D eigenvalue weighted by atomic mass is 32.1. The number of benzene rings is 1. The largest absolute Gasteiger partial charge is 0.497 e. The van der Waals surface area contributed by atoms with Gasteiger partial charge in [0.15, 0.2) is 0 Å². The lowest BCUT2D eigenvalue weighted by Gasteiger charge is -2.17. The van der Waals surface area contributed by atoms with E-state index >= 15 is 0 Å². The Balaban J connectivity index is 1.62. The van der Waals surface area contributed by atoms with Crippen LogP contribution in [-0.4, -0.2) is 36.5 Å². The molecular weight excluding hydrogens is 338 g/mol. The number of carbonyl (C=O) groups excluding carboxylic acids is 2. The molecule has 2 heterocycles. The van der Waals surface area contributed by atoms with E-state index in [0.29, 0.717) is 18.7 Å². The van der Waals surface area contributed by atoms with Crippen LogP contribution in [0.15, 0.2) is 29.6 Å². The SMILES string of the molecule is CCCc1nc(C(=O)N[C@@H]2CC(=O)N(c3ccc(OC)cc3)C2)cs1. The molecule has 0 bridgehead atoms. The van der Waals surface area contributed by atoms with Crippen molar-refractivity contribution >= 4 is 28.8 Å². The minimum Gasteiger partial charge on any atom is -0.497 e. The second-order valence-electron chi connectivity index (χ2n) is 5.95. The van der Waals surface area contributed by atoms with Crippen molar-refractivity contribution in [1.82, 2.24) is 10.3 Å². The van der Waals surface area contributed by atoms with E-state index in [9.17, 15) is 9.59 Å². The summed E-state index contributed by atoms with van der Waals surface area (Å²) in [6.07, 6.45) is 2.18. The van der Waals surface area contributed by atoms with Gasteiger partial charge in [0.25, 0.3) is 5.91 Å². The summed E-state index contributed by atoms with van der Waals surface area (Å²) in [4.78, 5) is 30.7. The number of rotatable bonds is 6. The van der Waals surface area contributed by atoms with E-state index in [2.05, 4.69) is 17.2 Å². The van der Waals surface area contributed by atoms with Gasteiger partial charge in [-0.15, -0.1) is 11.3 Å². The number of hydrogen-bond acceptors (Lipinski definition) is 5. The summed E-state index contributed by atoms with van der Waals surface area (Å²) in [5, 5.41) is 5.67. The van der Waals surface area contributed by atoms with Crippen LogP contribution in [0.25, 0.3) is 0 Å². The second kappa shape index (κ2) is 7.65. The number of anilines is 1. The van der Waals surface area contributed by atoms with E-state index in [1.165, 1.54) is 11.3 Å². The Bertz CT molecular complexity index is 757. The van der Waals surface area contributed by atoms with Crippen LogP contribution in [0.1, 0.15) is 35.3 Å². The summed E-state index contributed by atoms with van der Waals surface area (Å²) in [7, 11) is 1.60. The van der Waals surface area contributed by atoms with Gasteiger partial charge in [0, 0.05) is 24.0 Å². The van der Waals surface area contributed by atoms with Crippen LogP contribution >= 0.6 is 11.3 Å². The molecule has 0 saturated carbocycles. The van der Waals surface area contributed by atoms with E-state index in [1.54, 1.807) is 17.4 Å². The smallest absolute Gasteiger partial charge is 0.271 e. The molecule has 1 saturated heterocycles. The van der Waals surface area contributed by atoms with Crippen LogP contribution in [0.2, 0.25) is 0 Å². The lowest BCUT2D eigenvalue weighted by molar-refractivity contribution is -0.117. The van der Waals surface area contributed by atoms with Gasteiger partial charge in [0.2, 0.25) is 5.91 Å². The van der Waals surface area contributed by atoms with Crippen LogP contribution in [-0.2, 0) is 11.2 Å². The second-order valence-corrected chi connectivity index (χ2v) is 6.90. The minimum atomic E-state index is -0.215. The van der Waals surface area contributed by atoms with Gasteiger partial charge in [0.1, 0.15) is 11.4 Å². The summed E-state index contributed by atoms with van der Waals surface area (Å²) in [6.45, 7) is 2.54. The van der Waals surface area contributed by atoms with E-state index in [0.717, 1.165) is 29.3 Å². The lowest BCUT2D eigenvalue weighted by Crippen LogP contribution is -2.37. The third-order valence-corrected chi connectivity index (χ3v) is 5.00. The number of amides is 2. The molecule has 1 aliphatic rings. The average Bonchev–Trinajstić information content (AvgIpc) is 3.22. The average molecular weight is 359 g/mol. The molecule has 7 heteroatoms. The standard InChI is InChI=1S/C18H21N3O3S/c1-3-4-16-20-15(11-25-16)18(23)19-12-9-17(22)21(10-12)13-5-7-14(24-2)8-6-13/h5-8,11-12H,3-4,9-10H2,1-2H3,(H,19,23)/t12-/m1/s1. The predicted molar refractivity (Wildman–Crippen MR) is 97.3 cm³/mol. The van der Waals surface area contributed by atoms with Crippen LogP contribution in [0.3, 0.4) is 0 Å². The van der Waals surface area contributed by atoms with Crippen LogP contribution in [0.4, 0.5) is 5.69 Å². The van der Waals surface area contributed by atoms with Crippen molar-refractivity contribution in [1.29, 1.82) is 0 Å². The number of aromatic nitrogens is 1. The number of carbonyl (C=O) groups is 2. The van der Waals surface area contributed by atoms with Crippen molar-refractivity contribution in [3.63, 3.8) is 0 Å². The summed E-state index contributed by atoms with van der Waals surface area (Å²) in [5.41, 5.74) is 1.24. The van der Waals surface area contributed by atoms with E-state index < -0.39 is 0 Å². The number of nitrogens with zero attached hydrogens (tertiary/aromatic N) is 2. The van der Waals surface area contributed by atoms with E-state index in [4.69, 9.17) is 4.74 Å². The molecule has 132 valence electrons. The maximum atomic E-state index is 12.3. The number of ether oxygens (including phenoxy) is 1. The Kier molecular flexibility index (Phi) is 5.33. The van der Waals surface area contributed by atoms with Gasteiger partial charge in [-0.3, -0.25) is 9.59 Å². The number of hydrogen-bond donors (Lipinski definition) is 1. The van der Waals surface area contributed by atoms with Gasteiger partial charge < -0.3 is 15.0 Å². The Labute approximate surface area is 150 Å². The van der Waals surface area contributed by atoms with E-state index in [-0.39, 0.29) is 17.9 Å². The number of thiazole rings is 1. The molecule has 1 aromatic heterocycles. The molecule has 1 N–H and O–H groups in total. The van der Waals surface area contributed by atoms with Crippen molar-refractivity contribution in [3.8, 4) is 5.75 Å². The number of methoxy groups -OCH3 is 1. The van der Waals surface area contributed by atoms with Gasteiger partial charge in [-0.25, -0.2) is 4.98 Å². The molecule has 2 amide bonds. The summed E-state index contributed by atoms with van der Waals surface area (Å²) in [6, 6.07) is 7.12. The number of aryl methyl sites for hydroxylation is 1. The molecular formula is C18H21N3O3S. The number of nitrogens with one attached hydrogen (secondary N) is 1. The molecule has 0 spiro atoms. The molecule has 1 atom stereocenters. The first-order chi connectivity index (χ1) is 12.1. The highest BCUT2D eigenvalue weighted by Gasteiger charge is 2.32. The van der Waals surface area contributed by atoms with Gasteiger partial charge in [-0.1, -0.05) is 6.92 Å². The molecule has 0 aliphatic carbocycles. The summed E-state index contributed by atoms with van der Waals surface area (Å²) in [5.74, 6) is 0.528. The molecule has 1 aliphatic heterocycles. The molecule has 2 aromatic rings. The molecule has 1 aromatic carbocycles. The topological polar surface area (TPSA) is 71.5 Å². The summed E-state index contributed by atoms with van der Waals surface area (Å²) < 4.78 is 5.13. The maximum Gasteiger partial charge on any atom is 0.271 e. The van der Waals surface area contributed by atoms with Crippen molar-refractivity contribution in [3.05, 3.63) is 40.3 Å². The monoisotopic (exact) mass is 359 g/mol. The molecule has 3 rings (SSSR count). The Morgan fingerprint density at radius 3 is 2.84 bits per heavy atom. The van der Waals surface area contributed by atoms with Gasteiger partial charge in [-0.2, -0.15) is 0 Å². The third kappa shape index (κ3) is 3.99. The fourth-order valence-electron chi connectivity index (χ4n) is 2.82. The third-order valence-electron chi connectivity index (χ3n) is 4.09. The predicted octanol–water partition coefficient (Wildman–Crippen LogP) is 2.64. The molecule has 25 heavy (non-hydrogen) atoms. The normalized spacial score (nSPS) is 17.0. The zero-order chi connectivity index (χ0) is 17.8. The Morgan fingerprint density at radius 1 is 1.40 bits per heavy atom. The first kappa shape index (κ1) is 17.4. The van der Waals surface area contributed by atoms with E-state index in [1.807, 2.05) is 24.3 Å². The molecule has 0 unspecified atom stereocenters. The Hall–Kier alpha value is -2.41. The highest BCUT2D eigenvalue weighted by molar-refractivity contribution is 7.09. The maximum absolute atomic E-state index is 12.3. The molecule has 6 nitrogen and oxygen atoms in total. The van der Waals surface area contributed by atoms with Gasteiger partial charge in [0.05, 0.1) is 18.2 Å². The van der Waals surface area contributed by atoms with Crippen LogP contribution in [0.5, 0.6) is 5.75 Å². The van der Waals surface area contributed by atoms with Crippen molar-refractivity contribution in [2.75, 3.05) is 18.6 Å². The minimum absolute atomic E-state index is 0.000386. The van der Waals surface area contributed by atoms with Crippen LogP contribution < -0.4 is 15.0 Å². The quantitative estimate of drug-likeness (QED) is 0.861. The van der Waals surface area contributed by atoms with Crippen molar-refractivity contribution < 1.29 is 14.3 Å². The first-order valence-electron chi connectivity index (χ1n) is 8.30. The zero-order valence-corrected chi connectivity index (χ0v) is 15.1. The molecule has 0 radical (unpaired) electrons. The summed E-state index contributed by atoms with van der Waals surface area (Å²) >= 11 is 1.50. The highest BCUT2D eigenvalue weighted by Crippen LogP contribution is 2.24. The van der Waals surface area contributed by atoms with Crippen molar-refractivity contribution in [2.45, 2.75) is 32.2 Å². The Morgan fingerprint density at radius 2 is 2.16 bits per heavy atom. The zero-order valence-electron chi connectivity index (χ0n) is 14.3. The lowest BCUT2D eigenvalue weighted by atomic mass is 10.2. The van der Waals surface area contributed by atoms with Gasteiger partial charge in [-0.05, 0) is 37.1 Å². The van der Waals surface area contributed by atoms with Crippen LogP contribution in [0, 0.1) is 0 Å². The van der Waals surface area contributed by atoms with Crippen molar-refractivity contribution in [2.24, 2.45) is 0 Å². The fraction of sp³-hybridized carbons (Fsp3) is 0.389. The molecule has 1 fully saturated rings. The van der Waals surface area contributed by atoms with Gasteiger partial charge >= 0.3 is 0 Å². The fourth-order valence-corrected chi connectivity index (χ4v) is 3.70.